The van der Waals surface area contributed by atoms with Crippen molar-refractivity contribution >= 4 is 35.0 Å². The largest absolute Gasteiger partial charge is 0.484 e. The van der Waals surface area contributed by atoms with Crippen LogP contribution in [-0.4, -0.2) is 26.4 Å². The summed E-state index contributed by atoms with van der Waals surface area (Å²) >= 11 is 7.33. The lowest BCUT2D eigenvalue weighted by molar-refractivity contribution is -0.113. The van der Waals surface area contributed by atoms with Crippen LogP contribution in [0.15, 0.2) is 53.7 Å². The monoisotopic (exact) mass is 413 g/mol. The van der Waals surface area contributed by atoms with Crippen LogP contribution in [0.1, 0.15) is 11.4 Å². The molecule has 2 aromatic carbocycles. The number of ether oxygens (including phenoxy) is 1. The number of nitriles is 1. The number of para-hydroxylation sites is 1. The number of carbonyl (C=O) groups excluding carboxylic acids is 1. The second kappa shape index (κ2) is 9.26. The second-order valence-electron chi connectivity index (χ2n) is 5.71. The molecule has 3 aromatic rings. The highest BCUT2D eigenvalue weighted by atomic mass is 35.5. The highest BCUT2D eigenvalue weighted by molar-refractivity contribution is 7.99. The van der Waals surface area contributed by atoms with Crippen LogP contribution in [-0.2, 0) is 18.4 Å². The van der Waals surface area contributed by atoms with Gasteiger partial charge in [0.2, 0.25) is 5.91 Å². The van der Waals surface area contributed by atoms with Gasteiger partial charge in [0, 0.05) is 12.7 Å². The molecule has 0 aliphatic rings. The number of nitrogens with one attached hydrogen (secondary N) is 1. The number of benzene rings is 2. The van der Waals surface area contributed by atoms with E-state index < -0.39 is 0 Å². The molecule has 3 rings (SSSR count). The standard InChI is InChI=1S/C19H16ClN5O2S/c1-25-17(11-27-16-8-3-2-7-15(16)20)23-24-19(25)28-12-18(26)22-14-6-4-5-13(9-14)10-21/h2-9H,11-12H2,1H3,(H,22,26). The molecule has 1 amide bonds. The molecule has 142 valence electrons. The van der Waals surface area contributed by atoms with Crippen molar-refractivity contribution in [3.8, 4) is 11.8 Å². The van der Waals surface area contributed by atoms with Gasteiger partial charge in [-0.1, -0.05) is 41.6 Å². The molecule has 1 N–H and O–H groups in total. The van der Waals surface area contributed by atoms with Gasteiger partial charge in [0.1, 0.15) is 12.4 Å². The smallest absolute Gasteiger partial charge is 0.234 e. The van der Waals surface area contributed by atoms with Crippen LogP contribution in [0.3, 0.4) is 0 Å². The third-order valence-electron chi connectivity index (χ3n) is 3.73. The summed E-state index contributed by atoms with van der Waals surface area (Å²) in [6.45, 7) is 0.209. The van der Waals surface area contributed by atoms with E-state index in [0.29, 0.717) is 33.0 Å². The lowest BCUT2D eigenvalue weighted by Gasteiger charge is -2.08. The first kappa shape index (κ1) is 19.7. The van der Waals surface area contributed by atoms with E-state index in [0.717, 1.165) is 0 Å². The van der Waals surface area contributed by atoms with E-state index in [1.807, 2.05) is 25.2 Å². The molecule has 7 nitrogen and oxygen atoms in total. The number of aromatic nitrogens is 3. The molecule has 0 saturated heterocycles. The van der Waals surface area contributed by atoms with Crippen molar-refractivity contribution in [2.75, 3.05) is 11.1 Å². The Morgan fingerprint density at radius 3 is 2.89 bits per heavy atom. The van der Waals surface area contributed by atoms with E-state index in [1.54, 1.807) is 41.0 Å². The molecule has 28 heavy (non-hydrogen) atoms. The van der Waals surface area contributed by atoms with Gasteiger partial charge in [-0.3, -0.25) is 4.79 Å². The van der Waals surface area contributed by atoms with Crippen LogP contribution >= 0.6 is 23.4 Å². The van der Waals surface area contributed by atoms with Gasteiger partial charge in [-0.15, -0.1) is 10.2 Å². The molecule has 0 fully saturated rings. The molecule has 1 heterocycles. The van der Waals surface area contributed by atoms with Crippen LogP contribution in [0.5, 0.6) is 5.75 Å². The van der Waals surface area contributed by atoms with E-state index in [-0.39, 0.29) is 18.3 Å². The first-order valence-corrected chi connectivity index (χ1v) is 9.61. The van der Waals surface area contributed by atoms with Crippen LogP contribution in [0.25, 0.3) is 0 Å². The minimum atomic E-state index is -0.197. The molecule has 0 bridgehead atoms. The zero-order valence-electron chi connectivity index (χ0n) is 14.9. The molecule has 9 heteroatoms. The Labute approximate surface area is 171 Å². The number of hydrogen-bond donors (Lipinski definition) is 1. The van der Waals surface area contributed by atoms with Crippen molar-refractivity contribution in [3.63, 3.8) is 0 Å². The Morgan fingerprint density at radius 1 is 1.29 bits per heavy atom. The van der Waals surface area contributed by atoms with Crippen molar-refractivity contribution in [1.29, 1.82) is 5.26 Å². The van der Waals surface area contributed by atoms with Gasteiger partial charge in [0.15, 0.2) is 11.0 Å². The molecule has 0 radical (unpaired) electrons. The summed E-state index contributed by atoms with van der Waals surface area (Å²) in [6, 6.07) is 16.0. The van der Waals surface area contributed by atoms with Gasteiger partial charge >= 0.3 is 0 Å². The maximum atomic E-state index is 12.1. The molecule has 0 atom stereocenters. The third kappa shape index (κ3) is 5.03. The minimum Gasteiger partial charge on any atom is -0.484 e. The van der Waals surface area contributed by atoms with Gasteiger partial charge < -0.3 is 14.6 Å². The van der Waals surface area contributed by atoms with Gasteiger partial charge in [0.05, 0.1) is 22.4 Å². The fraction of sp³-hybridized carbons (Fsp3) is 0.158. The lowest BCUT2D eigenvalue weighted by atomic mass is 10.2. The van der Waals surface area contributed by atoms with E-state index in [4.69, 9.17) is 21.6 Å². The van der Waals surface area contributed by atoms with E-state index in [1.165, 1.54) is 11.8 Å². The molecular weight excluding hydrogens is 398 g/mol. The third-order valence-corrected chi connectivity index (χ3v) is 5.06. The number of nitrogens with zero attached hydrogens (tertiary/aromatic N) is 4. The molecule has 0 aliphatic carbocycles. The second-order valence-corrected chi connectivity index (χ2v) is 7.06. The molecule has 0 unspecified atom stereocenters. The van der Waals surface area contributed by atoms with Gasteiger partial charge in [-0.05, 0) is 30.3 Å². The number of rotatable bonds is 7. The number of hydrogen-bond acceptors (Lipinski definition) is 6. The summed E-state index contributed by atoms with van der Waals surface area (Å²) in [5, 5.41) is 21.0. The van der Waals surface area contributed by atoms with Gasteiger partial charge in [-0.25, -0.2) is 0 Å². The summed E-state index contributed by atoms with van der Waals surface area (Å²) < 4.78 is 7.44. The number of amides is 1. The van der Waals surface area contributed by atoms with Gasteiger partial charge in [-0.2, -0.15) is 5.26 Å². The summed E-state index contributed by atoms with van der Waals surface area (Å²) in [7, 11) is 1.81. The van der Waals surface area contributed by atoms with E-state index in [2.05, 4.69) is 15.5 Å². The maximum absolute atomic E-state index is 12.1. The fourth-order valence-corrected chi connectivity index (χ4v) is 3.21. The molecule has 0 spiro atoms. The Kier molecular flexibility index (Phi) is 6.53. The van der Waals surface area contributed by atoms with Crippen LogP contribution < -0.4 is 10.1 Å². The summed E-state index contributed by atoms with van der Waals surface area (Å²) in [6.07, 6.45) is 0. The van der Waals surface area contributed by atoms with Gasteiger partial charge in [0.25, 0.3) is 0 Å². The SMILES string of the molecule is Cn1c(COc2ccccc2Cl)nnc1SCC(=O)Nc1cccc(C#N)c1. The van der Waals surface area contributed by atoms with Crippen molar-refractivity contribution in [2.24, 2.45) is 7.05 Å². The fourth-order valence-electron chi connectivity index (χ4n) is 2.29. The first-order valence-electron chi connectivity index (χ1n) is 8.25. The zero-order chi connectivity index (χ0) is 19.9. The topological polar surface area (TPSA) is 92.8 Å². The minimum absolute atomic E-state index is 0.161. The molecule has 0 saturated carbocycles. The summed E-state index contributed by atoms with van der Waals surface area (Å²) in [4.78, 5) is 12.1. The van der Waals surface area contributed by atoms with E-state index >= 15 is 0 Å². The van der Waals surface area contributed by atoms with Crippen molar-refractivity contribution in [2.45, 2.75) is 11.8 Å². The first-order chi connectivity index (χ1) is 13.6. The predicted octanol–water partition coefficient (Wildman–Crippen LogP) is 3.65. The summed E-state index contributed by atoms with van der Waals surface area (Å²) in [5.74, 6) is 1.15. The summed E-state index contributed by atoms with van der Waals surface area (Å²) in [5.41, 5.74) is 1.07. The van der Waals surface area contributed by atoms with Crippen molar-refractivity contribution in [1.82, 2.24) is 14.8 Å². The zero-order valence-corrected chi connectivity index (χ0v) is 16.5. The highest BCUT2D eigenvalue weighted by Gasteiger charge is 2.13. The normalized spacial score (nSPS) is 10.3. The average molecular weight is 414 g/mol. The maximum Gasteiger partial charge on any atom is 0.234 e. The van der Waals surface area contributed by atoms with Crippen LogP contribution in [0, 0.1) is 11.3 Å². The number of thioether (sulfide) groups is 1. The van der Waals surface area contributed by atoms with Crippen LogP contribution in [0.4, 0.5) is 5.69 Å². The number of halogens is 1. The van der Waals surface area contributed by atoms with Crippen molar-refractivity contribution < 1.29 is 9.53 Å². The number of carbonyl (C=O) groups is 1. The quantitative estimate of drug-likeness (QED) is 0.594. The van der Waals surface area contributed by atoms with E-state index in [9.17, 15) is 4.79 Å². The Bertz CT molecular complexity index is 1030. The average Bonchev–Trinajstić information content (AvgIpc) is 3.05. The molecule has 1 aromatic heterocycles. The lowest BCUT2D eigenvalue weighted by Crippen LogP contribution is -2.14. The highest BCUT2D eigenvalue weighted by Crippen LogP contribution is 2.24. The Morgan fingerprint density at radius 2 is 2.11 bits per heavy atom. The Balaban J connectivity index is 1.54. The Hall–Kier alpha value is -3.02. The molecular formula is C19H16ClN5O2S. The number of anilines is 1. The predicted molar refractivity (Wildman–Crippen MR) is 107 cm³/mol. The van der Waals surface area contributed by atoms with Crippen LogP contribution in [0.2, 0.25) is 5.02 Å². The molecule has 0 aliphatic heterocycles. The van der Waals surface area contributed by atoms with Crippen molar-refractivity contribution in [3.05, 3.63) is 64.9 Å².